The van der Waals surface area contributed by atoms with Crippen LogP contribution in [0.4, 0.5) is 4.39 Å². The van der Waals surface area contributed by atoms with Gasteiger partial charge in [0.2, 0.25) is 0 Å². The fourth-order valence-electron chi connectivity index (χ4n) is 5.84. The van der Waals surface area contributed by atoms with E-state index in [0.717, 1.165) is 78.4 Å². The van der Waals surface area contributed by atoms with E-state index in [9.17, 15) is 14.3 Å². The Bertz CT molecular complexity index is 1790. The predicted octanol–water partition coefficient (Wildman–Crippen LogP) is 6.05. The van der Waals surface area contributed by atoms with Crippen LogP contribution in [0, 0.1) is 5.82 Å². The highest BCUT2D eigenvalue weighted by Gasteiger charge is 2.25. The van der Waals surface area contributed by atoms with Crippen LogP contribution in [0.25, 0.3) is 33.1 Å². The van der Waals surface area contributed by atoms with Crippen LogP contribution in [0.1, 0.15) is 28.4 Å². The van der Waals surface area contributed by atoms with E-state index in [1.54, 1.807) is 30.3 Å². The molecular weight excluding hydrogens is 559 g/mol. The number of hydrogen-bond donors (Lipinski definition) is 1. The molecule has 2 saturated heterocycles. The van der Waals surface area contributed by atoms with Gasteiger partial charge in [-0.25, -0.2) is 14.2 Å². The number of fused-ring (bicyclic) bond motifs is 2. The van der Waals surface area contributed by atoms with Crippen molar-refractivity contribution >= 4 is 39.6 Å². The normalized spacial score (nSPS) is 18.1. The Morgan fingerprint density at radius 1 is 1.00 bits per heavy atom. The maximum Gasteiger partial charge on any atom is 0.335 e. The quantitative estimate of drug-likeness (QED) is 0.236. The molecule has 0 aliphatic carbocycles. The topological polar surface area (TPSA) is 84.0 Å². The van der Waals surface area contributed by atoms with E-state index in [-0.39, 0.29) is 17.5 Å². The van der Waals surface area contributed by atoms with E-state index in [1.807, 2.05) is 18.2 Å². The lowest BCUT2D eigenvalue weighted by Gasteiger charge is -2.34. The van der Waals surface area contributed by atoms with Crippen molar-refractivity contribution in [3.63, 3.8) is 0 Å². The van der Waals surface area contributed by atoms with E-state index < -0.39 is 5.97 Å². The molecule has 2 aliphatic heterocycles. The third-order valence-corrected chi connectivity index (χ3v) is 8.51. The molecule has 0 unspecified atom stereocenters. The number of furan rings is 1. The van der Waals surface area contributed by atoms with Gasteiger partial charge in [0.05, 0.1) is 42.3 Å². The summed E-state index contributed by atoms with van der Waals surface area (Å²) in [5.41, 5.74) is 3.88. The second-order valence-electron chi connectivity index (χ2n) is 11.1. The number of nitrogens with zero attached hydrogens (tertiary/aromatic N) is 4. The third-order valence-electron chi connectivity index (χ3n) is 8.28. The summed E-state index contributed by atoms with van der Waals surface area (Å²) >= 11 is 5.92. The lowest BCUT2D eigenvalue weighted by molar-refractivity contribution is -0.0592. The van der Waals surface area contributed by atoms with Gasteiger partial charge in [0, 0.05) is 48.8 Å². The van der Waals surface area contributed by atoms with Crippen molar-refractivity contribution in [3.05, 3.63) is 88.7 Å². The standard InChI is InChI=1S/C32H30ClFN4O4/c33-23-4-5-26(27(34)16-23)20-1-2-21-13-25(42-30(21)15-20)17-36-8-10-37(11-9-36)19-31-35-28-6-3-22(32(39)40)14-29(28)38(31)18-24-7-12-41-24/h1-6,13-16,24H,7-12,17-19H2,(H,39,40)/t24-/m0/s1. The zero-order chi connectivity index (χ0) is 28.8. The summed E-state index contributed by atoms with van der Waals surface area (Å²) in [6.07, 6.45) is 1.13. The largest absolute Gasteiger partial charge is 0.478 e. The number of imidazole rings is 1. The van der Waals surface area contributed by atoms with Gasteiger partial charge in [-0.15, -0.1) is 0 Å². The Balaban J connectivity index is 1.02. The molecule has 5 aromatic rings. The summed E-state index contributed by atoms with van der Waals surface area (Å²) < 4.78 is 28.5. The Labute approximate surface area is 246 Å². The van der Waals surface area contributed by atoms with Gasteiger partial charge in [-0.1, -0.05) is 23.7 Å². The second-order valence-corrected chi connectivity index (χ2v) is 11.5. The van der Waals surface area contributed by atoms with Gasteiger partial charge in [-0.2, -0.15) is 0 Å². The molecule has 0 spiro atoms. The fraction of sp³-hybridized carbons (Fsp3) is 0.312. The molecule has 1 atom stereocenters. The highest BCUT2D eigenvalue weighted by atomic mass is 35.5. The highest BCUT2D eigenvalue weighted by molar-refractivity contribution is 6.30. The molecule has 4 heterocycles. The van der Waals surface area contributed by atoms with Gasteiger partial charge in [-0.3, -0.25) is 9.80 Å². The molecule has 2 fully saturated rings. The minimum Gasteiger partial charge on any atom is -0.478 e. The van der Waals surface area contributed by atoms with Crippen LogP contribution in [0.3, 0.4) is 0 Å². The number of carboxylic acid groups (broad SMARTS) is 1. The lowest BCUT2D eigenvalue weighted by atomic mass is 10.0. The molecule has 0 radical (unpaired) electrons. The Kier molecular flexibility index (Phi) is 7.19. The average Bonchev–Trinajstić information content (AvgIpc) is 3.50. The molecule has 2 aromatic heterocycles. The molecule has 8 nitrogen and oxygen atoms in total. The molecular formula is C32H30ClFN4O4. The number of carbonyl (C=O) groups is 1. The molecule has 0 saturated carbocycles. The monoisotopic (exact) mass is 588 g/mol. The Morgan fingerprint density at radius 2 is 1.79 bits per heavy atom. The zero-order valence-electron chi connectivity index (χ0n) is 22.9. The summed E-state index contributed by atoms with van der Waals surface area (Å²) in [4.78, 5) is 21.2. The lowest BCUT2D eigenvalue weighted by Crippen LogP contribution is -2.45. The number of ether oxygens (including phenoxy) is 1. The summed E-state index contributed by atoms with van der Waals surface area (Å²) in [5, 5.41) is 10.9. The van der Waals surface area contributed by atoms with Crippen molar-refractivity contribution in [2.75, 3.05) is 32.8 Å². The Morgan fingerprint density at radius 3 is 2.50 bits per heavy atom. The van der Waals surface area contributed by atoms with E-state index in [1.165, 1.54) is 6.07 Å². The van der Waals surface area contributed by atoms with E-state index in [0.29, 0.717) is 30.2 Å². The third kappa shape index (κ3) is 5.41. The van der Waals surface area contributed by atoms with E-state index in [4.69, 9.17) is 25.7 Å². The number of carboxylic acids is 1. The van der Waals surface area contributed by atoms with Crippen LogP contribution >= 0.6 is 11.6 Å². The smallest absolute Gasteiger partial charge is 0.335 e. The van der Waals surface area contributed by atoms with Crippen molar-refractivity contribution in [2.45, 2.75) is 32.2 Å². The number of benzene rings is 3. The first-order valence-corrected chi connectivity index (χ1v) is 14.5. The Hall–Kier alpha value is -3.76. The van der Waals surface area contributed by atoms with Gasteiger partial charge in [-0.05, 0) is 60.5 Å². The van der Waals surface area contributed by atoms with Crippen molar-refractivity contribution in [2.24, 2.45) is 0 Å². The molecule has 10 heteroatoms. The van der Waals surface area contributed by atoms with Gasteiger partial charge < -0.3 is 18.8 Å². The minimum atomic E-state index is -0.942. The summed E-state index contributed by atoms with van der Waals surface area (Å²) in [6, 6.07) is 17.6. The van der Waals surface area contributed by atoms with Gasteiger partial charge in [0.15, 0.2) is 0 Å². The molecule has 3 aromatic carbocycles. The molecule has 0 amide bonds. The van der Waals surface area contributed by atoms with E-state index >= 15 is 0 Å². The number of aromatic carboxylic acids is 1. The van der Waals surface area contributed by atoms with Crippen LogP contribution < -0.4 is 0 Å². The SMILES string of the molecule is O=C(O)c1ccc2nc(CN3CCN(Cc4cc5ccc(-c6ccc(Cl)cc6F)cc5o4)CC3)n(C[C@@H]3CCO3)c2c1. The first kappa shape index (κ1) is 27.1. The first-order valence-electron chi connectivity index (χ1n) is 14.2. The first-order chi connectivity index (χ1) is 20.4. The molecule has 1 N–H and O–H groups in total. The second kappa shape index (κ2) is 11.1. The molecule has 42 heavy (non-hydrogen) atoms. The minimum absolute atomic E-state index is 0.136. The fourth-order valence-corrected chi connectivity index (χ4v) is 6.00. The van der Waals surface area contributed by atoms with Crippen molar-refractivity contribution in [3.8, 4) is 11.1 Å². The van der Waals surface area contributed by atoms with Crippen LogP contribution in [-0.4, -0.2) is 69.3 Å². The van der Waals surface area contributed by atoms with E-state index in [2.05, 4.69) is 20.4 Å². The van der Waals surface area contributed by atoms with Crippen LogP contribution in [0.2, 0.25) is 5.02 Å². The zero-order valence-corrected chi connectivity index (χ0v) is 23.7. The highest BCUT2D eigenvalue weighted by Crippen LogP contribution is 2.30. The van der Waals surface area contributed by atoms with Gasteiger partial charge in [0.25, 0.3) is 0 Å². The number of halogens is 2. The van der Waals surface area contributed by atoms with Crippen molar-refractivity contribution < 1.29 is 23.4 Å². The summed E-state index contributed by atoms with van der Waals surface area (Å²) in [5.74, 6) is 0.511. The number of piperazine rings is 1. The number of hydrogen-bond acceptors (Lipinski definition) is 6. The maximum atomic E-state index is 14.5. The van der Waals surface area contributed by atoms with Crippen LogP contribution in [0.5, 0.6) is 0 Å². The summed E-state index contributed by atoms with van der Waals surface area (Å²) in [7, 11) is 0. The van der Waals surface area contributed by atoms with Crippen molar-refractivity contribution in [1.29, 1.82) is 0 Å². The number of rotatable bonds is 8. The molecule has 2 aliphatic rings. The van der Waals surface area contributed by atoms with Crippen LogP contribution in [0.15, 0.2) is 65.1 Å². The molecule has 216 valence electrons. The molecule has 0 bridgehead atoms. The maximum absolute atomic E-state index is 14.5. The predicted molar refractivity (Wildman–Crippen MR) is 158 cm³/mol. The number of aromatic nitrogens is 2. The van der Waals surface area contributed by atoms with Crippen LogP contribution in [-0.2, 0) is 24.4 Å². The van der Waals surface area contributed by atoms with Crippen molar-refractivity contribution in [1.82, 2.24) is 19.4 Å². The average molecular weight is 589 g/mol. The van der Waals surface area contributed by atoms with Gasteiger partial charge in [0.1, 0.15) is 23.0 Å². The van der Waals surface area contributed by atoms with Gasteiger partial charge >= 0.3 is 5.97 Å². The summed E-state index contributed by atoms with van der Waals surface area (Å²) in [6.45, 7) is 6.35. The molecule has 7 rings (SSSR count).